The Kier molecular flexibility index (Phi) is 12.1. The molecule has 0 saturated heterocycles. The minimum absolute atomic E-state index is 0.847. The fraction of sp³-hybridized carbons (Fsp3) is 0. The van der Waals surface area contributed by atoms with Crippen LogP contribution in [0.3, 0.4) is 0 Å². The molecule has 0 N–H and O–H groups in total. The molecular weight excluding hydrogens is 1230 g/mol. The number of furan rings is 2. The van der Waals surface area contributed by atoms with Gasteiger partial charge in [-0.15, -0.1) is 22.7 Å². The first kappa shape index (κ1) is 55.0. The van der Waals surface area contributed by atoms with Crippen LogP contribution in [-0.4, -0.2) is 0 Å². The van der Waals surface area contributed by atoms with Gasteiger partial charge in [-0.2, -0.15) is 0 Å². The lowest BCUT2D eigenvalue weighted by Crippen LogP contribution is -2.11. The molecule has 98 heavy (non-hydrogen) atoms. The van der Waals surface area contributed by atoms with E-state index >= 15 is 0 Å². The summed E-state index contributed by atoms with van der Waals surface area (Å²) in [5.74, 6) is 0. The molecule has 0 atom stereocenters. The second kappa shape index (κ2) is 21.6. The van der Waals surface area contributed by atoms with Crippen LogP contribution >= 0.6 is 22.7 Å². The number of hydrogen-bond acceptors (Lipinski definition) is 6. The first-order valence-electron chi connectivity index (χ1n) is 33.4. The van der Waals surface area contributed by atoms with Gasteiger partial charge in [0.25, 0.3) is 0 Å². The summed E-state index contributed by atoms with van der Waals surface area (Å²) < 4.78 is 19.4. The van der Waals surface area contributed by atoms with Crippen molar-refractivity contribution in [2.45, 2.75) is 0 Å². The maximum absolute atomic E-state index is 7.22. The monoisotopic (exact) mass is 1280 g/mol. The summed E-state index contributed by atoms with van der Waals surface area (Å²) in [5.41, 5.74) is 16.6. The van der Waals surface area contributed by atoms with E-state index in [2.05, 4.69) is 337 Å². The molecule has 0 bridgehead atoms. The predicted octanol–water partition coefficient (Wildman–Crippen LogP) is 27.9. The standard InChI is InChI=1S/C92H54N2O2S2/c1-2-23-62(24-3-1)93(64-25-10-22-61(54-64)66-28-11-21-57-18-6-8-26-65(57)66)81-37-15-34-78-85-83(95-87(78)81)52-50-77-75-48-47-71-69(30-13-33-73(71)90(75)98-92(77)85)68-29-12-32-72-70(68)31-14-36-80(72)94(63-44-41-56(42-45-63)60-40-39-55-17-4-5-20-59(55)53-60)82-38-16-35-79-86-84(96-88(79)82)51-49-76-74-46-43-58-19-7-9-27-67(58)89(74)97-91(76)86/h1-54H. The summed E-state index contributed by atoms with van der Waals surface area (Å²) in [6.45, 7) is 0. The number of thiophene rings is 2. The summed E-state index contributed by atoms with van der Waals surface area (Å²) >= 11 is 3.74. The van der Waals surface area contributed by atoms with Gasteiger partial charge in [-0.1, -0.05) is 243 Å². The quantitative estimate of drug-likeness (QED) is 0.144. The van der Waals surface area contributed by atoms with Crippen molar-refractivity contribution in [3.63, 3.8) is 0 Å². The average molecular weight is 1280 g/mol. The van der Waals surface area contributed by atoms with Crippen LogP contribution in [0, 0.1) is 0 Å². The average Bonchev–Trinajstić information content (AvgIpc) is 1.54. The van der Waals surface area contributed by atoms with Gasteiger partial charge in [0, 0.05) is 89.7 Å². The topological polar surface area (TPSA) is 32.8 Å². The molecule has 4 aromatic heterocycles. The Morgan fingerprint density at radius 1 is 0.214 bits per heavy atom. The number of hydrogen-bond donors (Lipinski definition) is 0. The minimum Gasteiger partial charge on any atom is -0.454 e. The zero-order chi connectivity index (χ0) is 64.1. The maximum Gasteiger partial charge on any atom is 0.159 e. The van der Waals surface area contributed by atoms with Crippen molar-refractivity contribution in [1.82, 2.24) is 0 Å². The van der Waals surface area contributed by atoms with Gasteiger partial charge in [0.15, 0.2) is 11.2 Å². The number of fused-ring (bicyclic) bond motifs is 21. The highest BCUT2D eigenvalue weighted by Crippen LogP contribution is 2.53. The van der Waals surface area contributed by atoms with Crippen LogP contribution in [0.4, 0.5) is 34.1 Å². The Balaban J connectivity index is 0.711. The minimum atomic E-state index is 0.847. The van der Waals surface area contributed by atoms with Gasteiger partial charge < -0.3 is 18.6 Å². The van der Waals surface area contributed by atoms with Crippen molar-refractivity contribution in [3.05, 3.63) is 328 Å². The first-order valence-corrected chi connectivity index (χ1v) is 35.0. The van der Waals surface area contributed by atoms with E-state index in [-0.39, 0.29) is 0 Å². The lowest BCUT2D eigenvalue weighted by Gasteiger charge is -2.27. The van der Waals surface area contributed by atoms with E-state index in [9.17, 15) is 0 Å². The number of para-hydroxylation sites is 3. The van der Waals surface area contributed by atoms with Crippen LogP contribution in [0.15, 0.2) is 336 Å². The van der Waals surface area contributed by atoms with E-state index in [0.29, 0.717) is 0 Å². The number of benzene rings is 17. The van der Waals surface area contributed by atoms with E-state index in [1.165, 1.54) is 106 Å². The molecule has 21 aromatic rings. The second-order valence-corrected chi connectivity index (χ2v) is 27.8. The Bertz CT molecular complexity index is 6890. The molecule has 21 rings (SSSR count). The van der Waals surface area contributed by atoms with E-state index in [4.69, 9.17) is 8.83 Å². The third-order valence-corrected chi connectivity index (χ3v) is 23.0. The summed E-state index contributed by atoms with van der Waals surface area (Å²) in [6, 6.07) is 120. The van der Waals surface area contributed by atoms with Gasteiger partial charge in [0.05, 0.1) is 17.1 Å². The lowest BCUT2D eigenvalue weighted by molar-refractivity contribution is 0.669. The summed E-state index contributed by atoms with van der Waals surface area (Å²) in [4.78, 5) is 4.77. The summed E-state index contributed by atoms with van der Waals surface area (Å²) in [5, 5.41) is 21.6. The molecule has 456 valence electrons. The molecule has 0 radical (unpaired) electrons. The fourth-order valence-corrected chi connectivity index (χ4v) is 18.7. The zero-order valence-corrected chi connectivity index (χ0v) is 54.3. The SMILES string of the molecule is c1ccc(N(c2cccc(-c3cccc4ccccc34)c2)c2cccc3c2oc2ccc4c5ccc6c(-c7cccc8c(N(c9ccc(-c%10ccc%11ccccc%11c%10)cc9)c9cccc%10c9oc9ccc%11c%12ccc%13ccccc%13c%12sc%11c9%10)cccc78)cccc6c5sc4c23)cc1. The van der Waals surface area contributed by atoms with Gasteiger partial charge in [0.1, 0.15) is 11.2 Å². The van der Waals surface area contributed by atoms with Crippen molar-refractivity contribution in [3.8, 4) is 33.4 Å². The van der Waals surface area contributed by atoms with Crippen molar-refractivity contribution in [1.29, 1.82) is 0 Å². The second-order valence-electron chi connectivity index (χ2n) is 25.7. The van der Waals surface area contributed by atoms with E-state index < -0.39 is 0 Å². The predicted molar refractivity (Wildman–Crippen MR) is 420 cm³/mol. The van der Waals surface area contributed by atoms with Crippen LogP contribution in [0.5, 0.6) is 0 Å². The molecule has 0 unspecified atom stereocenters. The van der Waals surface area contributed by atoms with Gasteiger partial charge in [-0.3, -0.25) is 0 Å². The molecule has 17 aromatic carbocycles. The van der Waals surface area contributed by atoms with E-state index in [1.807, 2.05) is 22.7 Å². The molecule has 6 heteroatoms. The fourth-order valence-electron chi connectivity index (χ4n) is 15.9. The molecule has 0 aliphatic rings. The highest BCUT2D eigenvalue weighted by atomic mass is 32.1. The van der Waals surface area contributed by atoms with Gasteiger partial charge in [0.2, 0.25) is 0 Å². The van der Waals surface area contributed by atoms with Crippen molar-refractivity contribution < 1.29 is 8.83 Å². The summed E-state index contributed by atoms with van der Waals surface area (Å²) in [6.07, 6.45) is 0. The lowest BCUT2D eigenvalue weighted by atomic mass is 9.92. The van der Waals surface area contributed by atoms with Crippen molar-refractivity contribution in [2.75, 3.05) is 9.80 Å². The maximum atomic E-state index is 7.22. The zero-order valence-electron chi connectivity index (χ0n) is 52.7. The highest BCUT2D eigenvalue weighted by molar-refractivity contribution is 7.28. The largest absolute Gasteiger partial charge is 0.454 e. The molecule has 0 fully saturated rings. The van der Waals surface area contributed by atoms with Crippen LogP contribution < -0.4 is 9.80 Å². The Labute approximate surface area is 570 Å². The van der Waals surface area contributed by atoms with Crippen LogP contribution in [0.2, 0.25) is 0 Å². The Morgan fingerprint density at radius 2 is 0.653 bits per heavy atom. The van der Waals surface area contributed by atoms with Gasteiger partial charge >= 0.3 is 0 Å². The number of rotatable bonds is 9. The smallest absolute Gasteiger partial charge is 0.159 e. The van der Waals surface area contributed by atoms with Crippen LogP contribution in [-0.2, 0) is 0 Å². The Hall–Kier alpha value is -12.3. The number of anilines is 6. The van der Waals surface area contributed by atoms with Crippen molar-refractivity contribution in [2.24, 2.45) is 0 Å². The molecule has 0 aliphatic carbocycles. The van der Waals surface area contributed by atoms with Gasteiger partial charge in [-0.05, 0) is 161 Å². The van der Waals surface area contributed by atoms with E-state index in [0.717, 1.165) is 99.9 Å². The van der Waals surface area contributed by atoms with Crippen molar-refractivity contribution >= 4 is 195 Å². The van der Waals surface area contributed by atoms with Crippen LogP contribution in [0.25, 0.3) is 171 Å². The summed E-state index contributed by atoms with van der Waals surface area (Å²) in [7, 11) is 0. The van der Waals surface area contributed by atoms with E-state index in [1.54, 1.807) is 0 Å². The van der Waals surface area contributed by atoms with Crippen LogP contribution in [0.1, 0.15) is 0 Å². The third-order valence-electron chi connectivity index (χ3n) is 20.4. The molecule has 4 heterocycles. The molecule has 0 aliphatic heterocycles. The molecular formula is C92H54N2O2S2. The number of nitrogens with zero attached hydrogens (tertiary/aromatic N) is 2. The van der Waals surface area contributed by atoms with Gasteiger partial charge in [-0.25, -0.2) is 0 Å². The molecule has 0 amide bonds. The first-order chi connectivity index (χ1) is 48.6. The molecule has 0 saturated carbocycles. The molecule has 4 nitrogen and oxygen atoms in total. The normalized spacial score (nSPS) is 12.1. The molecule has 0 spiro atoms. The third kappa shape index (κ3) is 8.35. The highest BCUT2D eigenvalue weighted by Gasteiger charge is 2.27. The Morgan fingerprint density at radius 3 is 1.38 bits per heavy atom.